The molecule has 0 saturated heterocycles. The van der Waals surface area contributed by atoms with Gasteiger partial charge in [-0.2, -0.15) is 5.26 Å². The van der Waals surface area contributed by atoms with Crippen molar-refractivity contribution < 1.29 is 9.13 Å². The number of fused-ring (bicyclic) bond motifs is 1. The fraction of sp³-hybridized carbons (Fsp3) is 0.190. The van der Waals surface area contributed by atoms with E-state index < -0.39 is 0 Å². The van der Waals surface area contributed by atoms with Gasteiger partial charge in [0.25, 0.3) is 0 Å². The first-order valence-electron chi connectivity index (χ1n) is 8.70. The van der Waals surface area contributed by atoms with Crippen LogP contribution in [0, 0.1) is 17.1 Å². The molecular weight excluding hydrogens is 343 g/mol. The lowest BCUT2D eigenvalue weighted by atomic mass is 10.2. The first-order valence-corrected chi connectivity index (χ1v) is 8.70. The van der Waals surface area contributed by atoms with E-state index in [1.165, 1.54) is 18.5 Å². The van der Waals surface area contributed by atoms with Crippen LogP contribution in [0.1, 0.15) is 34.9 Å². The van der Waals surface area contributed by atoms with Crippen molar-refractivity contribution in [2.24, 2.45) is 0 Å². The highest BCUT2D eigenvalue weighted by molar-refractivity contribution is 5.61. The van der Waals surface area contributed by atoms with E-state index in [0.717, 1.165) is 41.2 Å². The Bertz CT molecular complexity index is 981. The minimum absolute atomic E-state index is 0.102. The molecule has 1 aliphatic rings. The zero-order chi connectivity index (χ0) is 18.6. The number of rotatable bonds is 5. The standard InChI is InChI=1S/C21H17FN4O/c22-16-5-1-15(2-6-16)12-27-19-10-9-18-20(19)24-13-25-21(18)26-17-7-3-14(11-23)4-8-17/h1-8,13,19H,9-10,12H2,(H,24,25,26). The number of halogens is 1. The highest BCUT2D eigenvalue weighted by atomic mass is 19.1. The van der Waals surface area contributed by atoms with Gasteiger partial charge in [0.2, 0.25) is 0 Å². The van der Waals surface area contributed by atoms with Crippen molar-refractivity contribution in [3.8, 4) is 6.07 Å². The van der Waals surface area contributed by atoms with Crippen molar-refractivity contribution in [2.45, 2.75) is 25.6 Å². The van der Waals surface area contributed by atoms with Crippen LogP contribution in [0.4, 0.5) is 15.9 Å². The molecule has 0 radical (unpaired) electrons. The second-order valence-electron chi connectivity index (χ2n) is 6.37. The van der Waals surface area contributed by atoms with Crippen LogP contribution >= 0.6 is 0 Å². The third kappa shape index (κ3) is 3.78. The van der Waals surface area contributed by atoms with Crippen molar-refractivity contribution in [3.05, 3.63) is 83.1 Å². The van der Waals surface area contributed by atoms with Crippen LogP contribution in [0.25, 0.3) is 0 Å². The predicted octanol–water partition coefficient (Wildman–Crippen LogP) is 4.44. The third-order valence-corrected chi connectivity index (χ3v) is 4.58. The molecule has 1 atom stereocenters. The third-order valence-electron chi connectivity index (χ3n) is 4.58. The lowest BCUT2D eigenvalue weighted by Crippen LogP contribution is -2.05. The van der Waals surface area contributed by atoms with Crippen LogP contribution < -0.4 is 5.32 Å². The van der Waals surface area contributed by atoms with Gasteiger partial charge in [-0.05, 0) is 54.8 Å². The molecule has 0 fully saturated rings. The van der Waals surface area contributed by atoms with Crippen LogP contribution in [-0.2, 0) is 17.8 Å². The normalized spacial score (nSPS) is 15.2. The zero-order valence-corrected chi connectivity index (χ0v) is 14.5. The summed E-state index contributed by atoms with van der Waals surface area (Å²) in [6, 6.07) is 15.7. The molecule has 4 rings (SSSR count). The summed E-state index contributed by atoms with van der Waals surface area (Å²) in [5.74, 6) is 0.508. The minimum atomic E-state index is -0.253. The summed E-state index contributed by atoms with van der Waals surface area (Å²) in [7, 11) is 0. The van der Waals surface area contributed by atoms with Crippen LogP contribution in [0.5, 0.6) is 0 Å². The number of nitrogens with one attached hydrogen (secondary N) is 1. The van der Waals surface area contributed by atoms with E-state index in [2.05, 4.69) is 21.4 Å². The Morgan fingerprint density at radius 3 is 2.63 bits per heavy atom. The Labute approximate surface area is 156 Å². The van der Waals surface area contributed by atoms with Gasteiger partial charge in [0, 0.05) is 11.3 Å². The van der Waals surface area contributed by atoms with Crippen LogP contribution in [0.2, 0.25) is 0 Å². The molecule has 27 heavy (non-hydrogen) atoms. The maximum atomic E-state index is 13.0. The molecule has 134 valence electrons. The van der Waals surface area contributed by atoms with Gasteiger partial charge in [0.15, 0.2) is 0 Å². The van der Waals surface area contributed by atoms with E-state index >= 15 is 0 Å². The first kappa shape index (κ1) is 17.1. The number of aromatic nitrogens is 2. The molecule has 0 aliphatic heterocycles. The summed E-state index contributed by atoms with van der Waals surface area (Å²) in [6.07, 6.45) is 3.08. The van der Waals surface area contributed by atoms with Gasteiger partial charge in [0.1, 0.15) is 24.1 Å². The van der Waals surface area contributed by atoms with Crippen molar-refractivity contribution in [1.29, 1.82) is 5.26 Å². The van der Waals surface area contributed by atoms with Gasteiger partial charge in [-0.1, -0.05) is 12.1 Å². The molecular formula is C21H17FN4O. The van der Waals surface area contributed by atoms with Crippen molar-refractivity contribution in [1.82, 2.24) is 9.97 Å². The summed E-state index contributed by atoms with van der Waals surface area (Å²) < 4.78 is 19.0. The SMILES string of the molecule is N#Cc1ccc(Nc2ncnc3c2CCC3OCc2ccc(F)cc2)cc1. The molecule has 0 saturated carbocycles. The number of anilines is 2. The number of nitrogens with zero attached hydrogens (tertiary/aromatic N) is 3. The quantitative estimate of drug-likeness (QED) is 0.728. The van der Waals surface area contributed by atoms with Crippen molar-refractivity contribution in [2.75, 3.05) is 5.32 Å². The maximum Gasteiger partial charge on any atom is 0.137 e. The van der Waals surface area contributed by atoms with E-state index in [1.54, 1.807) is 24.3 Å². The van der Waals surface area contributed by atoms with E-state index in [-0.39, 0.29) is 11.9 Å². The highest BCUT2D eigenvalue weighted by Crippen LogP contribution is 2.36. The van der Waals surface area contributed by atoms with Gasteiger partial charge in [-0.25, -0.2) is 14.4 Å². The Balaban J connectivity index is 1.48. The first-order chi connectivity index (χ1) is 13.2. The van der Waals surface area contributed by atoms with E-state index in [9.17, 15) is 4.39 Å². The van der Waals surface area contributed by atoms with Crippen LogP contribution in [0.15, 0.2) is 54.9 Å². The molecule has 0 spiro atoms. The van der Waals surface area contributed by atoms with E-state index in [1.807, 2.05) is 12.1 Å². The molecule has 6 heteroatoms. The van der Waals surface area contributed by atoms with Crippen molar-refractivity contribution in [3.63, 3.8) is 0 Å². The monoisotopic (exact) mass is 360 g/mol. The zero-order valence-electron chi connectivity index (χ0n) is 14.5. The summed E-state index contributed by atoms with van der Waals surface area (Å²) in [4.78, 5) is 8.78. The topological polar surface area (TPSA) is 70.8 Å². The maximum absolute atomic E-state index is 13.0. The minimum Gasteiger partial charge on any atom is -0.367 e. The molecule has 5 nitrogen and oxygen atoms in total. The summed E-state index contributed by atoms with van der Waals surface area (Å²) in [5.41, 5.74) is 4.34. The lowest BCUT2D eigenvalue weighted by Gasteiger charge is -2.13. The van der Waals surface area contributed by atoms with Gasteiger partial charge in [0.05, 0.1) is 23.9 Å². The molecule has 3 aromatic rings. The smallest absolute Gasteiger partial charge is 0.137 e. The number of ether oxygens (including phenoxy) is 1. The Kier molecular flexibility index (Phi) is 4.77. The van der Waals surface area contributed by atoms with Crippen LogP contribution in [-0.4, -0.2) is 9.97 Å². The van der Waals surface area contributed by atoms with Gasteiger partial charge in [-0.15, -0.1) is 0 Å². The average molecular weight is 360 g/mol. The molecule has 1 N–H and O–H groups in total. The van der Waals surface area contributed by atoms with Gasteiger partial charge >= 0.3 is 0 Å². The largest absolute Gasteiger partial charge is 0.367 e. The second kappa shape index (κ2) is 7.52. The highest BCUT2D eigenvalue weighted by Gasteiger charge is 2.27. The number of nitriles is 1. The molecule has 0 bridgehead atoms. The summed E-state index contributed by atoms with van der Waals surface area (Å²) >= 11 is 0. The van der Waals surface area contributed by atoms with Gasteiger partial charge in [-0.3, -0.25) is 0 Å². The molecule has 1 heterocycles. The molecule has 0 amide bonds. The fourth-order valence-corrected chi connectivity index (χ4v) is 3.17. The Morgan fingerprint density at radius 2 is 1.89 bits per heavy atom. The fourth-order valence-electron chi connectivity index (χ4n) is 3.17. The number of benzene rings is 2. The number of hydrogen-bond acceptors (Lipinski definition) is 5. The van der Waals surface area contributed by atoms with Gasteiger partial charge < -0.3 is 10.1 Å². The average Bonchev–Trinajstić information content (AvgIpc) is 3.12. The molecule has 1 unspecified atom stereocenters. The Morgan fingerprint density at radius 1 is 1.11 bits per heavy atom. The second-order valence-corrected chi connectivity index (χ2v) is 6.37. The molecule has 1 aliphatic carbocycles. The lowest BCUT2D eigenvalue weighted by molar-refractivity contribution is 0.0385. The molecule has 2 aromatic carbocycles. The summed E-state index contributed by atoms with van der Waals surface area (Å²) in [5, 5.41) is 12.2. The molecule has 1 aromatic heterocycles. The van der Waals surface area contributed by atoms with Crippen molar-refractivity contribution >= 4 is 11.5 Å². The predicted molar refractivity (Wildman–Crippen MR) is 98.7 cm³/mol. The van der Waals surface area contributed by atoms with E-state index in [4.69, 9.17) is 10.00 Å². The Hall–Kier alpha value is -3.30. The summed E-state index contributed by atoms with van der Waals surface area (Å²) in [6.45, 7) is 0.409. The van der Waals surface area contributed by atoms with Crippen LogP contribution in [0.3, 0.4) is 0 Å². The number of hydrogen-bond donors (Lipinski definition) is 1. The van der Waals surface area contributed by atoms with E-state index in [0.29, 0.717) is 12.2 Å².